The van der Waals surface area contributed by atoms with Gasteiger partial charge in [0.05, 0.1) is 0 Å². The maximum Gasteiger partial charge on any atom is 0.422 e. The van der Waals surface area contributed by atoms with Crippen molar-refractivity contribution < 1.29 is 22.7 Å². The number of amides is 2. The molecule has 2 aromatic carbocycles. The lowest BCUT2D eigenvalue weighted by Crippen LogP contribution is -2.36. The number of ether oxygens (including phenoxy) is 1. The summed E-state index contributed by atoms with van der Waals surface area (Å²) in [5.41, 5.74) is 2.85. The third-order valence-electron chi connectivity index (χ3n) is 3.99. The number of carbonyl (C=O) groups excluding carboxylic acids is 1. The second-order valence-corrected chi connectivity index (χ2v) is 6.62. The smallest absolute Gasteiger partial charge is 0.422 e. The summed E-state index contributed by atoms with van der Waals surface area (Å²) < 4.78 is 41.1. The minimum absolute atomic E-state index is 0.130. The van der Waals surface area contributed by atoms with Gasteiger partial charge in [0.25, 0.3) is 0 Å². The van der Waals surface area contributed by atoms with Gasteiger partial charge in [0.1, 0.15) is 5.75 Å². The first-order valence-electron chi connectivity index (χ1n) is 8.68. The van der Waals surface area contributed by atoms with Crippen molar-refractivity contribution in [2.45, 2.75) is 19.3 Å². The average molecular weight is 395 g/mol. The van der Waals surface area contributed by atoms with E-state index in [1.165, 1.54) is 12.1 Å². The summed E-state index contributed by atoms with van der Waals surface area (Å²) >= 11 is 0. The Morgan fingerprint density at radius 3 is 2.07 bits per heavy atom. The second kappa shape index (κ2) is 9.34. The summed E-state index contributed by atoms with van der Waals surface area (Å²) in [5, 5.41) is 2.78. The van der Waals surface area contributed by atoms with Gasteiger partial charge < -0.3 is 19.9 Å². The lowest BCUT2D eigenvalue weighted by molar-refractivity contribution is -0.153. The molecule has 152 valence electrons. The Hall–Kier alpha value is -2.90. The van der Waals surface area contributed by atoms with Crippen LogP contribution in [0.2, 0.25) is 0 Å². The zero-order valence-corrected chi connectivity index (χ0v) is 16.1. The molecule has 0 atom stereocenters. The molecule has 0 aliphatic rings. The predicted octanol–water partition coefficient (Wildman–Crippen LogP) is 4.04. The third-order valence-corrected chi connectivity index (χ3v) is 3.99. The SMILES string of the molecule is CN(Cc1ccc(N(C)C)cc1)C(=O)NCc1ccc(OCC(F)(F)F)cc1. The number of rotatable bonds is 7. The Morgan fingerprint density at radius 1 is 0.964 bits per heavy atom. The number of alkyl halides is 3. The van der Waals surface area contributed by atoms with Gasteiger partial charge in [0.15, 0.2) is 6.61 Å². The molecule has 0 bridgehead atoms. The van der Waals surface area contributed by atoms with Crippen LogP contribution in [-0.2, 0) is 13.1 Å². The van der Waals surface area contributed by atoms with Gasteiger partial charge in [0, 0.05) is 39.9 Å². The molecule has 2 aromatic rings. The number of urea groups is 1. The second-order valence-electron chi connectivity index (χ2n) is 6.62. The molecule has 0 heterocycles. The van der Waals surface area contributed by atoms with Gasteiger partial charge in [-0.15, -0.1) is 0 Å². The molecule has 5 nitrogen and oxygen atoms in total. The average Bonchev–Trinajstić information content (AvgIpc) is 2.65. The van der Waals surface area contributed by atoms with Crippen molar-refractivity contribution in [1.82, 2.24) is 10.2 Å². The van der Waals surface area contributed by atoms with Gasteiger partial charge in [-0.05, 0) is 35.4 Å². The van der Waals surface area contributed by atoms with Gasteiger partial charge >= 0.3 is 12.2 Å². The lowest BCUT2D eigenvalue weighted by Gasteiger charge is -2.19. The summed E-state index contributed by atoms with van der Waals surface area (Å²) in [6, 6.07) is 13.8. The summed E-state index contributed by atoms with van der Waals surface area (Å²) in [7, 11) is 5.62. The largest absolute Gasteiger partial charge is 0.484 e. The molecule has 0 saturated carbocycles. The van der Waals surface area contributed by atoms with Crippen LogP contribution in [0.15, 0.2) is 48.5 Å². The topological polar surface area (TPSA) is 44.8 Å². The van der Waals surface area contributed by atoms with E-state index in [0.29, 0.717) is 6.54 Å². The number of nitrogens with zero attached hydrogens (tertiary/aromatic N) is 2. The number of halogens is 3. The fourth-order valence-corrected chi connectivity index (χ4v) is 2.43. The molecule has 0 fully saturated rings. The van der Waals surface area contributed by atoms with Crippen LogP contribution in [0.3, 0.4) is 0 Å². The minimum atomic E-state index is -4.37. The number of anilines is 1. The zero-order chi connectivity index (χ0) is 20.7. The summed E-state index contributed by atoms with van der Waals surface area (Å²) in [5.74, 6) is 0.130. The molecule has 2 rings (SSSR count). The van der Waals surface area contributed by atoms with E-state index >= 15 is 0 Å². The van der Waals surface area contributed by atoms with Gasteiger partial charge in [-0.2, -0.15) is 13.2 Å². The van der Waals surface area contributed by atoms with Crippen LogP contribution in [0.5, 0.6) is 5.75 Å². The van der Waals surface area contributed by atoms with Gasteiger partial charge in [0.2, 0.25) is 0 Å². The van der Waals surface area contributed by atoms with Crippen LogP contribution in [-0.4, -0.2) is 44.9 Å². The molecular formula is C20H24F3N3O2. The van der Waals surface area contributed by atoms with E-state index in [0.717, 1.165) is 16.8 Å². The van der Waals surface area contributed by atoms with Crippen molar-refractivity contribution >= 4 is 11.7 Å². The quantitative estimate of drug-likeness (QED) is 0.770. The van der Waals surface area contributed by atoms with Crippen molar-refractivity contribution in [3.63, 3.8) is 0 Å². The predicted molar refractivity (Wildman–Crippen MR) is 102 cm³/mol. The first-order chi connectivity index (χ1) is 13.1. The highest BCUT2D eigenvalue weighted by molar-refractivity contribution is 5.73. The van der Waals surface area contributed by atoms with Crippen molar-refractivity contribution in [3.05, 3.63) is 59.7 Å². The Bertz CT molecular complexity index is 760. The molecule has 0 unspecified atom stereocenters. The number of benzene rings is 2. The van der Waals surface area contributed by atoms with Gasteiger partial charge in [-0.25, -0.2) is 4.79 Å². The summed E-state index contributed by atoms with van der Waals surface area (Å²) in [6.07, 6.45) is -4.37. The Labute approximate surface area is 162 Å². The minimum Gasteiger partial charge on any atom is -0.484 e. The van der Waals surface area contributed by atoms with Crippen molar-refractivity contribution in [3.8, 4) is 5.75 Å². The molecule has 8 heteroatoms. The standard InChI is InChI=1S/C20H24F3N3O2/c1-25(2)17-8-4-16(5-9-17)13-26(3)19(27)24-12-15-6-10-18(11-7-15)28-14-20(21,22)23/h4-11H,12-14H2,1-3H3,(H,24,27). The van der Waals surface area contributed by atoms with E-state index in [1.807, 2.05) is 43.3 Å². The Balaban J connectivity index is 1.80. The Morgan fingerprint density at radius 2 is 1.54 bits per heavy atom. The number of hydrogen-bond donors (Lipinski definition) is 1. The molecule has 0 saturated heterocycles. The molecule has 0 spiro atoms. The highest BCUT2D eigenvalue weighted by Gasteiger charge is 2.28. The van der Waals surface area contributed by atoms with Gasteiger partial charge in [-0.1, -0.05) is 24.3 Å². The van der Waals surface area contributed by atoms with E-state index in [1.54, 1.807) is 24.1 Å². The van der Waals surface area contributed by atoms with Crippen LogP contribution in [0.25, 0.3) is 0 Å². The van der Waals surface area contributed by atoms with Crippen LogP contribution in [0.4, 0.5) is 23.7 Å². The molecule has 0 aliphatic carbocycles. The van der Waals surface area contributed by atoms with E-state index in [2.05, 4.69) is 10.1 Å². The zero-order valence-electron chi connectivity index (χ0n) is 16.1. The first kappa shape index (κ1) is 21.4. The van der Waals surface area contributed by atoms with Crippen molar-refractivity contribution in [1.29, 1.82) is 0 Å². The fraction of sp³-hybridized carbons (Fsp3) is 0.350. The van der Waals surface area contributed by atoms with E-state index in [9.17, 15) is 18.0 Å². The lowest BCUT2D eigenvalue weighted by atomic mass is 10.2. The van der Waals surface area contributed by atoms with Crippen molar-refractivity contribution in [2.24, 2.45) is 0 Å². The third kappa shape index (κ3) is 7.02. The summed E-state index contributed by atoms with van der Waals surface area (Å²) in [4.78, 5) is 15.8. The van der Waals surface area contributed by atoms with Crippen LogP contribution in [0.1, 0.15) is 11.1 Å². The fourth-order valence-electron chi connectivity index (χ4n) is 2.43. The van der Waals surface area contributed by atoms with Crippen LogP contribution in [0, 0.1) is 0 Å². The number of carbonyl (C=O) groups is 1. The van der Waals surface area contributed by atoms with Crippen LogP contribution >= 0.6 is 0 Å². The van der Waals surface area contributed by atoms with E-state index in [-0.39, 0.29) is 18.3 Å². The molecule has 0 aliphatic heterocycles. The van der Waals surface area contributed by atoms with E-state index in [4.69, 9.17) is 0 Å². The molecular weight excluding hydrogens is 371 g/mol. The molecule has 0 radical (unpaired) electrons. The summed E-state index contributed by atoms with van der Waals surface area (Å²) in [6.45, 7) is -0.602. The number of hydrogen-bond acceptors (Lipinski definition) is 3. The molecule has 0 aromatic heterocycles. The van der Waals surface area contributed by atoms with Crippen molar-refractivity contribution in [2.75, 3.05) is 32.6 Å². The number of nitrogens with one attached hydrogen (secondary N) is 1. The first-order valence-corrected chi connectivity index (χ1v) is 8.68. The highest BCUT2D eigenvalue weighted by atomic mass is 19.4. The monoisotopic (exact) mass is 395 g/mol. The maximum atomic E-state index is 12.2. The normalized spacial score (nSPS) is 11.1. The molecule has 28 heavy (non-hydrogen) atoms. The molecule has 2 amide bonds. The van der Waals surface area contributed by atoms with Crippen LogP contribution < -0.4 is 15.0 Å². The van der Waals surface area contributed by atoms with Gasteiger partial charge in [-0.3, -0.25) is 0 Å². The molecule has 1 N–H and O–H groups in total. The van der Waals surface area contributed by atoms with E-state index < -0.39 is 12.8 Å². The Kier molecular flexibility index (Phi) is 7.14. The highest BCUT2D eigenvalue weighted by Crippen LogP contribution is 2.19. The maximum absolute atomic E-state index is 12.2.